The molecule has 4 N–H and O–H groups in total. The van der Waals surface area contributed by atoms with E-state index in [1.165, 1.54) is 20.3 Å². The van der Waals surface area contributed by atoms with Gasteiger partial charge in [0.2, 0.25) is 11.6 Å². The molecule has 50 heavy (non-hydrogen) atoms. The van der Waals surface area contributed by atoms with Gasteiger partial charge >= 0.3 is 12.1 Å². The van der Waals surface area contributed by atoms with Crippen molar-refractivity contribution in [2.75, 3.05) is 41.4 Å². The molecule has 1 aliphatic heterocycles. The van der Waals surface area contributed by atoms with Crippen molar-refractivity contribution >= 4 is 41.9 Å². The van der Waals surface area contributed by atoms with Crippen LogP contribution in [0, 0.1) is 11.8 Å². The third-order valence-corrected chi connectivity index (χ3v) is 8.21. The first-order valence-electron chi connectivity index (χ1n) is 16.2. The van der Waals surface area contributed by atoms with E-state index in [1.54, 1.807) is 32.1 Å². The summed E-state index contributed by atoms with van der Waals surface area (Å²) in [6, 6.07) is 0. The lowest BCUT2D eigenvalue weighted by atomic mass is 9.85. The molecule has 1 heterocycles. The number of carbonyl (C=O) groups excluding carboxylic acids is 5. The maximum absolute atomic E-state index is 13.8. The number of ketones is 2. The van der Waals surface area contributed by atoms with Gasteiger partial charge in [-0.3, -0.25) is 19.2 Å². The highest BCUT2D eigenvalue weighted by Gasteiger charge is 2.35. The smallest absolute Gasteiger partial charge is 0.405 e. The largest absolute Gasteiger partial charge is 0.459 e. The number of Topliss-reactive ketones (excluding diaryl/α,β-unsaturated/α-hetero) is 1. The number of allylic oxidation sites excluding steroid dienone is 4. The van der Waals surface area contributed by atoms with Gasteiger partial charge in [-0.05, 0) is 52.3 Å². The Morgan fingerprint density at radius 3 is 2.38 bits per heavy atom. The zero-order chi connectivity index (χ0) is 36.8. The molecule has 13 nitrogen and oxygen atoms in total. The number of methoxy groups -OCH3 is 2. The van der Waals surface area contributed by atoms with E-state index in [-0.39, 0.29) is 60.3 Å². The summed E-state index contributed by atoms with van der Waals surface area (Å²) in [7, 11) is 6.65. The maximum Gasteiger partial charge on any atom is 0.405 e. The highest BCUT2D eigenvalue weighted by molar-refractivity contribution is 6.23. The van der Waals surface area contributed by atoms with Crippen LogP contribution >= 0.6 is 12.4 Å². The molecule has 2 bridgehead atoms. The van der Waals surface area contributed by atoms with E-state index < -0.39 is 59.9 Å². The Hall–Kier alpha value is -4.04. The van der Waals surface area contributed by atoms with E-state index in [2.05, 4.69) is 17.2 Å². The van der Waals surface area contributed by atoms with Gasteiger partial charge in [-0.1, -0.05) is 44.2 Å². The van der Waals surface area contributed by atoms with Crippen LogP contribution in [0.3, 0.4) is 0 Å². The number of esters is 1. The summed E-state index contributed by atoms with van der Waals surface area (Å²) >= 11 is 0. The van der Waals surface area contributed by atoms with Crippen LogP contribution in [0.2, 0.25) is 0 Å². The molecule has 0 aromatic heterocycles. The second-order valence-corrected chi connectivity index (χ2v) is 12.6. The Balaban J connectivity index is 0.0000125. The van der Waals surface area contributed by atoms with E-state index in [1.807, 2.05) is 38.9 Å². The first kappa shape index (κ1) is 44.0. The van der Waals surface area contributed by atoms with Gasteiger partial charge in [0.05, 0.1) is 23.9 Å². The van der Waals surface area contributed by atoms with E-state index in [9.17, 15) is 24.0 Å². The fraction of sp³-hybridized carbons (Fsp3) is 0.528. The predicted octanol–water partition coefficient (Wildman–Crippen LogP) is 3.46. The summed E-state index contributed by atoms with van der Waals surface area (Å²) in [5.74, 6) is -2.68. The highest BCUT2D eigenvalue weighted by Crippen LogP contribution is 2.30. The minimum Gasteiger partial charge on any atom is -0.459 e. The summed E-state index contributed by atoms with van der Waals surface area (Å²) in [6.07, 6.45) is 5.52. The van der Waals surface area contributed by atoms with Crippen molar-refractivity contribution in [1.29, 1.82) is 0 Å². The molecule has 2 amide bonds. The molecule has 2 aliphatic rings. The normalized spacial score (nSPS) is 28.2. The average Bonchev–Trinajstić information content (AvgIpc) is 3.03. The average molecular weight is 721 g/mol. The Morgan fingerprint density at radius 1 is 1.12 bits per heavy atom. The molecule has 0 unspecified atom stereocenters. The number of primary amides is 1. The van der Waals surface area contributed by atoms with Crippen molar-refractivity contribution in [3.63, 3.8) is 0 Å². The van der Waals surface area contributed by atoms with Crippen LogP contribution in [0.4, 0.5) is 4.79 Å². The van der Waals surface area contributed by atoms with Crippen LogP contribution in [0.25, 0.3) is 0 Å². The van der Waals surface area contributed by atoms with Crippen molar-refractivity contribution in [2.45, 2.75) is 71.4 Å². The Labute approximate surface area is 301 Å². The number of hydrogen-bond donors (Lipinski definition) is 3. The molecule has 0 aromatic carbocycles. The first-order valence-corrected chi connectivity index (χ1v) is 16.2. The van der Waals surface area contributed by atoms with Gasteiger partial charge in [0.15, 0.2) is 6.10 Å². The lowest BCUT2D eigenvalue weighted by molar-refractivity contribution is -0.160. The third kappa shape index (κ3) is 13.0. The molecule has 0 spiro atoms. The van der Waals surface area contributed by atoms with E-state index >= 15 is 0 Å². The van der Waals surface area contributed by atoms with Crippen LogP contribution in [0.15, 0.2) is 71.1 Å². The second-order valence-electron chi connectivity index (χ2n) is 12.6. The molecule has 14 heteroatoms. The summed E-state index contributed by atoms with van der Waals surface area (Å²) < 4.78 is 23.1. The fourth-order valence-electron chi connectivity index (χ4n) is 5.65. The SMILES string of the molecule is C=CCNC1=C2C[C@@H](C)C[C@@H](OC)[C@H](OC(=O)CCN(C)C)[C@H](C)/C=C(\C)[C@@H](OC(N)=O)[C@H](OC)/C=C\C=C(/C)C(=O)NC(=CC1=O)C2=O.Cl. The van der Waals surface area contributed by atoms with Gasteiger partial charge in [-0.15, -0.1) is 19.0 Å². The summed E-state index contributed by atoms with van der Waals surface area (Å²) in [6.45, 7) is 11.5. The third-order valence-electron chi connectivity index (χ3n) is 8.21. The van der Waals surface area contributed by atoms with Crippen LogP contribution in [-0.4, -0.2) is 100 Å². The molecule has 0 fully saturated rings. The molecular weight excluding hydrogens is 668 g/mol. The van der Waals surface area contributed by atoms with Gasteiger partial charge in [-0.25, -0.2) is 4.79 Å². The zero-order valence-electron chi connectivity index (χ0n) is 30.3. The number of nitrogens with one attached hydrogen (secondary N) is 2. The van der Waals surface area contributed by atoms with Crippen LogP contribution < -0.4 is 16.4 Å². The molecule has 1 aliphatic carbocycles. The van der Waals surface area contributed by atoms with Crippen molar-refractivity contribution in [3.8, 4) is 0 Å². The van der Waals surface area contributed by atoms with Gasteiger partial charge in [0.1, 0.15) is 12.2 Å². The maximum atomic E-state index is 13.8. The van der Waals surface area contributed by atoms with E-state index in [0.29, 0.717) is 18.5 Å². The number of rotatable bonds is 10. The number of fused-ring (bicyclic) bond motifs is 2. The summed E-state index contributed by atoms with van der Waals surface area (Å²) in [4.78, 5) is 67.1. The van der Waals surface area contributed by atoms with Crippen molar-refractivity contribution < 1.29 is 42.9 Å². The van der Waals surface area contributed by atoms with Crippen LogP contribution in [0.1, 0.15) is 47.0 Å². The van der Waals surface area contributed by atoms with Crippen molar-refractivity contribution in [2.24, 2.45) is 17.6 Å². The molecule has 278 valence electrons. The summed E-state index contributed by atoms with van der Waals surface area (Å²) in [5.41, 5.74) is 6.44. The van der Waals surface area contributed by atoms with Gasteiger partial charge in [0, 0.05) is 50.4 Å². The monoisotopic (exact) mass is 720 g/mol. The Kier molecular flexibility index (Phi) is 18.7. The number of halogens is 1. The molecule has 0 aromatic rings. The van der Waals surface area contributed by atoms with Crippen molar-refractivity contribution in [3.05, 3.63) is 71.1 Å². The molecule has 6 atom stereocenters. The quantitative estimate of drug-likeness (QED) is 0.171. The van der Waals surface area contributed by atoms with Crippen LogP contribution in [-0.2, 0) is 38.1 Å². The fourth-order valence-corrected chi connectivity index (χ4v) is 5.65. The van der Waals surface area contributed by atoms with Crippen LogP contribution in [0.5, 0.6) is 0 Å². The van der Waals surface area contributed by atoms with E-state index in [0.717, 1.165) is 6.08 Å². The van der Waals surface area contributed by atoms with Gasteiger partial charge in [-0.2, -0.15) is 0 Å². The first-order chi connectivity index (χ1) is 23.1. The predicted molar refractivity (Wildman–Crippen MR) is 192 cm³/mol. The Morgan fingerprint density at radius 2 is 1.80 bits per heavy atom. The number of carbonyl (C=O) groups is 5. The molecule has 0 saturated heterocycles. The lowest BCUT2D eigenvalue weighted by Gasteiger charge is -2.33. The highest BCUT2D eigenvalue weighted by atomic mass is 35.5. The number of nitrogens with two attached hydrogens (primary N) is 1. The standard InChI is InChI=1S/C36H52N4O9.ClH/c1-10-15-38-31-25-17-21(2)18-29(47-9)34(48-30(42)14-16-40(6)7)24(5)19-23(4)33(49-36(37)45)28(46-8)13-11-12-22(3)35(44)39-26(32(25)43)20-27(31)41;/h10-13,19-21,24,28-29,33-34,38H,1,14-18H2,2-9H3,(H2,37,45)(H,39,44);1H/b13-11-,22-12+,23-19+;/t21-,24-,28-,29-,33-,34-;/m1./s1. The van der Waals surface area contributed by atoms with E-state index in [4.69, 9.17) is 24.7 Å². The lowest BCUT2D eigenvalue weighted by Crippen LogP contribution is -2.40. The minimum absolute atomic E-state index is 0. The van der Waals surface area contributed by atoms with Crippen molar-refractivity contribution in [1.82, 2.24) is 15.5 Å². The molecule has 0 radical (unpaired) electrons. The Bertz CT molecular complexity index is 1420. The van der Waals surface area contributed by atoms with Gasteiger partial charge < -0.3 is 40.2 Å². The molecular formula is C36H53ClN4O9. The number of amides is 2. The minimum atomic E-state index is -1.02. The number of nitrogens with zero attached hydrogens (tertiary/aromatic N) is 1. The molecule has 2 rings (SSSR count). The number of ether oxygens (including phenoxy) is 4. The summed E-state index contributed by atoms with van der Waals surface area (Å²) in [5, 5.41) is 5.57. The van der Waals surface area contributed by atoms with Gasteiger partial charge in [0.25, 0.3) is 5.91 Å². The number of hydrogen-bond acceptors (Lipinski definition) is 11. The topological polar surface area (TPSA) is 176 Å². The zero-order valence-corrected chi connectivity index (χ0v) is 31.1. The molecule has 0 saturated carbocycles. The second kappa shape index (κ2) is 21.2.